The highest BCUT2D eigenvalue weighted by molar-refractivity contribution is 7.89. The fourth-order valence-corrected chi connectivity index (χ4v) is 5.68. The van der Waals surface area contributed by atoms with Gasteiger partial charge in [-0.05, 0) is 70.2 Å². The van der Waals surface area contributed by atoms with Crippen LogP contribution in [-0.2, 0) is 22.9 Å². The number of fused-ring (bicyclic) bond motifs is 1. The van der Waals surface area contributed by atoms with Gasteiger partial charge in [0.25, 0.3) is 5.91 Å². The summed E-state index contributed by atoms with van der Waals surface area (Å²) < 4.78 is 27.6. The molecular formula is C19H24N2O3S2. The summed E-state index contributed by atoms with van der Waals surface area (Å²) in [5, 5.41) is 4.76. The van der Waals surface area contributed by atoms with E-state index >= 15 is 0 Å². The van der Waals surface area contributed by atoms with E-state index in [4.69, 9.17) is 0 Å². The first kappa shape index (κ1) is 19.1. The Balaban J connectivity index is 1.81. The minimum Gasteiger partial charge on any atom is -0.322 e. The Morgan fingerprint density at radius 2 is 1.88 bits per heavy atom. The SMILES string of the molecule is CC(C)(C)NS(=O)(=O)c1cccc(NC(=O)c2csc3c2CCCC3)c1. The van der Waals surface area contributed by atoms with Crippen molar-refractivity contribution in [3.05, 3.63) is 45.6 Å². The van der Waals surface area contributed by atoms with Crippen LogP contribution < -0.4 is 10.0 Å². The van der Waals surface area contributed by atoms with Crippen molar-refractivity contribution in [1.29, 1.82) is 0 Å². The molecule has 0 saturated heterocycles. The molecular weight excluding hydrogens is 368 g/mol. The van der Waals surface area contributed by atoms with Gasteiger partial charge in [-0.15, -0.1) is 11.3 Å². The van der Waals surface area contributed by atoms with E-state index in [0.717, 1.165) is 24.8 Å². The summed E-state index contributed by atoms with van der Waals surface area (Å²) >= 11 is 1.64. The summed E-state index contributed by atoms with van der Waals surface area (Å²) in [4.78, 5) is 14.1. The van der Waals surface area contributed by atoms with E-state index in [1.807, 2.05) is 5.38 Å². The van der Waals surface area contributed by atoms with Crippen LogP contribution in [0.1, 0.15) is 54.4 Å². The lowest BCUT2D eigenvalue weighted by atomic mass is 9.95. The third kappa shape index (κ3) is 4.34. The van der Waals surface area contributed by atoms with Crippen LogP contribution in [0.25, 0.3) is 0 Å². The van der Waals surface area contributed by atoms with Crippen molar-refractivity contribution < 1.29 is 13.2 Å². The van der Waals surface area contributed by atoms with Gasteiger partial charge in [0, 0.05) is 21.5 Å². The summed E-state index contributed by atoms with van der Waals surface area (Å²) in [5.74, 6) is -0.178. The van der Waals surface area contributed by atoms with E-state index in [9.17, 15) is 13.2 Å². The van der Waals surface area contributed by atoms with Crippen molar-refractivity contribution in [3.8, 4) is 0 Å². The van der Waals surface area contributed by atoms with Gasteiger partial charge in [-0.2, -0.15) is 0 Å². The molecule has 5 nitrogen and oxygen atoms in total. The molecule has 1 heterocycles. The van der Waals surface area contributed by atoms with E-state index in [-0.39, 0.29) is 10.8 Å². The maximum Gasteiger partial charge on any atom is 0.256 e. The number of nitrogens with one attached hydrogen (secondary N) is 2. The highest BCUT2D eigenvalue weighted by atomic mass is 32.2. The van der Waals surface area contributed by atoms with Gasteiger partial charge in [0.1, 0.15) is 0 Å². The van der Waals surface area contributed by atoms with Crippen LogP contribution in [0.4, 0.5) is 5.69 Å². The van der Waals surface area contributed by atoms with Crippen LogP contribution in [-0.4, -0.2) is 19.9 Å². The molecule has 2 N–H and O–H groups in total. The van der Waals surface area contributed by atoms with Crippen molar-refractivity contribution >= 4 is 33.0 Å². The maximum atomic E-state index is 12.7. The standard InChI is InChI=1S/C19H24N2O3S2/c1-19(2,3)21-26(23,24)14-8-6-7-13(11-14)20-18(22)16-12-25-17-10-5-4-9-15(16)17/h6-8,11-12,21H,4-5,9-10H2,1-3H3,(H,20,22). The number of hydrogen-bond acceptors (Lipinski definition) is 4. The van der Waals surface area contributed by atoms with Gasteiger partial charge in [0.05, 0.1) is 10.5 Å². The van der Waals surface area contributed by atoms with Crippen molar-refractivity contribution in [2.24, 2.45) is 0 Å². The highest BCUT2D eigenvalue weighted by Gasteiger charge is 2.23. The third-order valence-electron chi connectivity index (χ3n) is 4.15. The number of carbonyl (C=O) groups excluding carboxylic acids is 1. The van der Waals surface area contributed by atoms with Crippen LogP contribution in [0.2, 0.25) is 0 Å². The van der Waals surface area contributed by atoms with E-state index in [1.54, 1.807) is 44.2 Å². The lowest BCUT2D eigenvalue weighted by Gasteiger charge is -2.20. The molecule has 1 aromatic heterocycles. The van der Waals surface area contributed by atoms with Gasteiger partial charge in [0.15, 0.2) is 0 Å². The number of anilines is 1. The molecule has 0 atom stereocenters. The molecule has 0 spiro atoms. The number of benzene rings is 1. The van der Waals surface area contributed by atoms with Crippen LogP contribution in [0.3, 0.4) is 0 Å². The first-order valence-electron chi connectivity index (χ1n) is 8.70. The predicted octanol–water partition coefficient (Wildman–Crippen LogP) is 3.96. The fraction of sp³-hybridized carbons (Fsp3) is 0.421. The minimum absolute atomic E-state index is 0.137. The van der Waals surface area contributed by atoms with Gasteiger partial charge in [-0.1, -0.05) is 6.07 Å². The second-order valence-electron chi connectivity index (χ2n) is 7.60. The van der Waals surface area contributed by atoms with Crippen LogP contribution in [0.15, 0.2) is 34.5 Å². The quantitative estimate of drug-likeness (QED) is 0.827. The molecule has 26 heavy (non-hydrogen) atoms. The van der Waals surface area contributed by atoms with E-state index in [1.165, 1.54) is 23.4 Å². The number of amides is 1. The average Bonchev–Trinajstić information content (AvgIpc) is 2.97. The fourth-order valence-electron chi connectivity index (χ4n) is 3.09. The van der Waals surface area contributed by atoms with Gasteiger partial charge in [-0.3, -0.25) is 4.79 Å². The Hall–Kier alpha value is -1.70. The molecule has 7 heteroatoms. The Labute approximate surface area is 158 Å². The molecule has 140 valence electrons. The molecule has 0 unspecified atom stereocenters. The van der Waals surface area contributed by atoms with E-state index < -0.39 is 15.6 Å². The number of hydrogen-bond donors (Lipinski definition) is 2. The lowest BCUT2D eigenvalue weighted by Crippen LogP contribution is -2.40. The first-order valence-corrected chi connectivity index (χ1v) is 11.1. The Morgan fingerprint density at radius 1 is 1.15 bits per heavy atom. The molecule has 3 rings (SSSR count). The zero-order valence-electron chi connectivity index (χ0n) is 15.3. The molecule has 1 amide bonds. The molecule has 0 bridgehead atoms. The second-order valence-corrected chi connectivity index (χ2v) is 10.2. The van der Waals surface area contributed by atoms with Gasteiger partial charge in [-0.25, -0.2) is 13.1 Å². The van der Waals surface area contributed by atoms with Crippen LogP contribution in [0, 0.1) is 0 Å². The zero-order valence-corrected chi connectivity index (χ0v) is 16.9. The van der Waals surface area contributed by atoms with Crippen molar-refractivity contribution in [2.75, 3.05) is 5.32 Å². The minimum atomic E-state index is -3.64. The second kappa shape index (κ2) is 7.13. The number of thiophene rings is 1. The number of sulfonamides is 1. The summed E-state index contributed by atoms with van der Waals surface area (Å²) in [6.07, 6.45) is 4.26. The number of carbonyl (C=O) groups is 1. The summed E-state index contributed by atoms with van der Waals surface area (Å²) in [5.41, 5.74) is 1.76. The summed E-state index contributed by atoms with van der Waals surface area (Å²) in [7, 11) is -3.64. The lowest BCUT2D eigenvalue weighted by molar-refractivity contribution is 0.102. The largest absolute Gasteiger partial charge is 0.322 e. The predicted molar refractivity (Wildman–Crippen MR) is 105 cm³/mol. The van der Waals surface area contributed by atoms with Gasteiger partial charge < -0.3 is 5.32 Å². The van der Waals surface area contributed by atoms with Crippen molar-refractivity contribution in [1.82, 2.24) is 4.72 Å². The van der Waals surface area contributed by atoms with Crippen LogP contribution in [0.5, 0.6) is 0 Å². The third-order valence-corrected chi connectivity index (χ3v) is 6.99. The monoisotopic (exact) mass is 392 g/mol. The molecule has 0 fully saturated rings. The Morgan fingerprint density at radius 3 is 2.62 bits per heavy atom. The number of rotatable bonds is 4. The van der Waals surface area contributed by atoms with Gasteiger partial charge in [0.2, 0.25) is 10.0 Å². The molecule has 0 aliphatic heterocycles. The smallest absolute Gasteiger partial charge is 0.256 e. The zero-order chi connectivity index (χ0) is 18.9. The molecule has 2 aromatic rings. The molecule has 0 saturated carbocycles. The summed E-state index contributed by atoms with van der Waals surface area (Å²) in [6, 6.07) is 6.35. The Kier molecular flexibility index (Phi) is 5.23. The first-order chi connectivity index (χ1) is 12.2. The normalized spacial score (nSPS) is 14.7. The topological polar surface area (TPSA) is 75.3 Å². The van der Waals surface area contributed by atoms with Crippen molar-refractivity contribution in [3.63, 3.8) is 0 Å². The molecule has 1 aliphatic rings. The number of aryl methyl sites for hydroxylation is 1. The highest BCUT2D eigenvalue weighted by Crippen LogP contribution is 2.30. The molecule has 1 aliphatic carbocycles. The van der Waals surface area contributed by atoms with Crippen molar-refractivity contribution in [2.45, 2.75) is 56.9 Å². The van der Waals surface area contributed by atoms with Gasteiger partial charge >= 0.3 is 0 Å². The van der Waals surface area contributed by atoms with E-state index in [0.29, 0.717) is 11.3 Å². The summed E-state index contributed by atoms with van der Waals surface area (Å²) in [6.45, 7) is 5.36. The van der Waals surface area contributed by atoms with E-state index in [2.05, 4.69) is 10.0 Å². The molecule has 1 aromatic carbocycles. The maximum absolute atomic E-state index is 12.7. The molecule has 0 radical (unpaired) electrons. The van der Waals surface area contributed by atoms with Crippen LogP contribution >= 0.6 is 11.3 Å². The Bertz CT molecular complexity index is 925. The average molecular weight is 393 g/mol.